The number of methoxy groups -OCH3 is 1. The number of hydrogen-bond acceptors (Lipinski definition) is 2. The van der Waals surface area contributed by atoms with E-state index in [0.29, 0.717) is 0 Å². The van der Waals surface area contributed by atoms with E-state index >= 15 is 0 Å². The maximum absolute atomic E-state index is 5.97. The predicted octanol–water partition coefficient (Wildman–Crippen LogP) is 6.29. The minimum atomic E-state index is -0.0760. The van der Waals surface area contributed by atoms with Crippen molar-refractivity contribution in [3.63, 3.8) is 0 Å². The van der Waals surface area contributed by atoms with Crippen molar-refractivity contribution in [2.24, 2.45) is 4.99 Å². The Labute approximate surface area is 162 Å². The lowest BCUT2D eigenvalue weighted by Gasteiger charge is -2.41. The molecule has 2 atom stereocenters. The van der Waals surface area contributed by atoms with Gasteiger partial charge in [-0.15, -0.1) is 0 Å². The number of rotatable bonds is 2. The van der Waals surface area contributed by atoms with E-state index in [1.54, 1.807) is 7.11 Å². The van der Waals surface area contributed by atoms with Gasteiger partial charge in [-0.1, -0.05) is 49.8 Å². The molecule has 2 heteroatoms. The fourth-order valence-corrected chi connectivity index (χ4v) is 4.91. The van der Waals surface area contributed by atoms with Crippen LogP contribution >= 0.6 is 0 Å². The van der Waals surface area contributed by atoms with Crippen molar-refractivity contribution in [1.29, 1.82) is 0 Å². The average Bonchev–Trinajstić information content (AvgIpc) is 2.63. The summed E-state index contributed by atoms with van der Waals surface area (Å²) >= 11 is 0. The van der Waals surface area contributed by atoms with Crippen LogP contribution < -0.4 is 0 Å². The summed E-state index contributed by atoms with van der Waals surface area (Å²) in [5.74, 6) is 0. The van der Waals surface area contributed by atoms with Gasteiger partial charge in [-0.05, 0) is 61.2 Å². The highest BCUT2D eigenvalue weighted by Crippen LogP contribution is 2.49. The van der Waals surface area contributed by atoms with Gasteiger partial charge in [-0.3, -0.25) is 4.99 Å². The third-order valence-electron chi connectivity index (χ3n) is 6.17. The van der Waals surface area contributed by atoms with Gasteiger partial charge in [0.15, 0.2) is 0 Å². The predicted molar refractivity (Wildman–Crippen MR) is 115 cm³/mol. The Morgan fingerprint density at radius 3 is 2.56 bits per heavy atom. The molecule has 1 aliphatic heterocycles. The zero-order valence-electron chi connectivity index (χ0n) is 17.5. The van der Waals surface area contributed by atoms with Crippen molar-refractivity contribution < 1.29 is 4.74 Å². The first-order chi connectivity index (χ1) is 12.8. The molecule has 2 unspecified atom stereocenters. The lowest BCUT2D eigenvalue weighted by Crippen LogP contribution is -2.36. The minimum Gasteiger partial charge on any atom is -0.374 e. The summed E-state index contributed by atoms with van der Waals surface area (Å²) in [6.07, 6.45) is 2.32. The first-order valence-corrected chi connectivity index (χ1v) is 9.81. The van der Waals surface area contributed by atoms with E-state index in [2.05, 4.69) is 78.0 Å². The molecule has 2 aromatic carbocycles. The second-order valence-electron chi connectivity index (χ2n) is 8.69. The lowest BCUT2D eigenvalue weighted by atomic mass is 9.65. The van der Waals surface area contributed by atoms with Crippen LogP contribution in [0.15, 0.2) is 58.1 Å². The number of ether oxygens (including phenoxy) is 1. The van der Waals surface area contributed by atoms with Crippen LogP contribution in [0.4, 0.5) is 0 Å². The van der Waals surface area contributed by atoms with E-state index in [1.165, 1.54) is 44.2 Å². The van der Waals surface area contributed by atoms with E-state index in [1.807, 2.05) is 0 Å². The molecule has 0 saturated carbocycles. The summed E-state index contributed by atoms with van der Waals surface area (Å²) in [7, 11) is 1.81. The Balaban J connectivity index is 2.18. The highest BCUT2D eigenvalue weighted by atomic mass is 16.5. The first-order valence-electron chi connectivity index (χ1n) is 9.81. The number of allylic oxidation sites excluding steroid dienone is 4. The number of aliphatic imine (C=N–C) groups is 1. The van der Waals surface area contributed by atoms with Crippen molar-refractivity contribution in [1.82, 2.24) is 0 Å². The van der Waals surface area contributed by atoms with Gasteiger partial charge in [0.25, 0.3) is 0 Å². The first kappa shape index (κ1) is 18.2. The fraction of sp³-hybridized carbons (Fsp3) is 0.400. The molecule has 0 spiro atoms. The standard InChI is InChI=1S/C25H29NO/c1-14(2)12-19-15(3)23-22-20(25(19,5)6)13-17-10-8-9-11-18(17)21(22)24(27-7)16(4)26-23/h8-13,16,24H,1-7H3. The molecule has 0 bridgehead atoms. The molecule has 27 heavy (non-hydrogen) atoms. The number of nitrogens with zero attached hydrogens (tertiary/aromatic N) is 1. The van der Waals surface area contributed by atoms with Gasteiger partial charge in [0.1, 0.15) is 6.10 Å². The Bertz CT molecular complexity index is 1030. The van der Waals surface area contributed by atoms with Gasteiger partial charge in [0.05, 0.1) is 11.8 Å². The quantitative estimate of drug-likeness (QED) is 0.617. The molecule has 0 N–H and O–H groups in total. The summed E-state index contributed by atoms with van der Waals surface area (Å²) in [4.78, 5) is 5.12. The Hall–Kier alpha value is -2.19. The van der Waals surface area contributed by atoms with Crippen molar-refractivity contribution in [3.8, 4) is 0 Å². The van der Waals surface area contributed by atoms with Crippen LogP contribution in [0.3, 0.4) is 0 Å². The smallest absolute Gasteiger partial charge is 0.105 e. The van der Waals surface area contributed by atoms with Crippen molar-refractivity contribution in [2.75, 3.05) is 7.11 Å². The third-order valence-corrected chi connectivity index (χ3v) is 6.17. The fourth-order valence-electron chi connectivity index (χ4n) is 4.91. The van der Waals surface area contributed by atoms with E-state index in [4.69, 9.17) is 9.73 Å². The molecule has 4 rings (SSSR count). The Morgan fingerprint density at radius 2 is 1.89 bits per heavy atom. The maximum atomic E-state index is 5.97. The normalized spacial score (nSPS) is 23.1. The van der Waals surface area contributed by atoms with Crippen molar-refractivity contribution >= 4 is 16.5 Å². The van der Waals surface area contributed by atoms with Crippen LogP contribution in [0.1, 0.15) is 64.3 Å². The molecule has 1 aliphatic carbocycles. The van der Waals surface area contributed by atoms with Gasteiger partial charge in [-0.2, -0.15) is 0 Å². The van der Waals surface area contributed by atoms with Crippen LogP contribution in [-0.4, -0.2) is 18.9 Å². The highest BCUT2D eigenvalue weighted by Gasteiger charge is 2.41. The molecule has 140 valence electrons. The molecular formula is C25H29NO. The topological polar surface area (TPSA) is 21.6 Å². The maximum Gasteiger partial charge on any atom is 0.105 e. The molecule has 0 fully saturated rings. The van der Waals surface area contributed by atoms with Gasteiger partial charge in [-0.25, -0.2) is 0 Å². The summed E-state index contributed by atoms with van der Waals surface area (Å²) in [6, 6.07) is 11.2. The van der Waals surface area contributed by atoms with E-state index < -0.39 is 0 Å². The summed E-state index contributed by atoms with van der Waals surface area (Å²) in [5.41, 5.74) is 9.04. The molecule has 0 amide bonds. The second kappa shape index (κ2) is 6.17. The largest absolute Gasteiger partial charge is 0.374 e. The zero-order chi connectivity index (χ0) is 19.5. The van der Waals surface area contributed by atoms with E-state index in [9.17, 15) is 0 Å². The molecule has 2 nitrogen and oxygen atoms in total. The summed E-state index contributed by atoms with van der Waals surface area (Å²) in [6.45, 7) is 13.4. The van der Waals surface area contributed by atoms with Gasteiger partial charge >= 0.3 is 0 Å². The van der Waals surface area contributed by atoms with Gasteiger partial charge in [0.2, 0.25) is 0 Å². The molecule has 1 heterocycles. The Kier molecular flexibility index (Phi) is 4.16. The molecule has 0 radical (unpaired) electrons. The van der Waals surface area contributed by atoms with Crippen LogP contribution in [0.2, 0.25) is 0 Å². The lowest BCUT2D eigenvalue weighted by molar-refractivity contribution is 0.0853. The van der Waals surface area contributed by atoms with E-state index in [0.717, 1.165) is 5.71 Å². The van der Waals surface area contributed by atoms with Gasteiger partial charge in [0, 0.05) is 23.7 Å². The second-order valence-corrected chi connectivity index (χ2v) is 8.69. The molecular weight excluding hydrogens is 330 g/mol. The van der Waals surface area contributed by atoms with E-state index in [-0.39, 0.29) is 17.6 Å². The average molecular weight is 360 g/mol. The number of benzene rings is 2. The van der Waals surface area contributed by atoms with Crippen LogP contribution in [0.5, 0.6) is 0 Å². The number of hydrogen-bond donors (Lipinski definition) is 0. The zero-order valence-corrected chi connectivity index (χ0v) is 17.5. The molecule has 2 aromatic rings. The van der Waals surface area contributed by atoms with Crippen molar-refractivity contribution in [2.45, 2.75) is 59.1 Å². The monoisotopic (exact) mass is 359 g/mol. The molecule has 0 saturated heterocycles. The SMILES string of the molecule is COC1c2c3c(cc4ccccc24)C(C)(C)C(C=C(C)C)=C(C)C3=NC1C. The van der Waals surface area contributed by atoms with Gasteiger partial charge < -0.3 is 4.74 Å². The van der Waals surface area contributed by atoms with Crippen LogP contribution in [-0.2, 0) is 10.2 Å². The summed E-state index contributed by atoms with van der Waals surface area (Å²) < 4.78 is 5.97. The Morgan fingerprint density at radius 1 is 1.19 bits per heavy atom. The summed E-state index contributed by atoms with van der Waals surface area (Å²) in [5, 5.41) is 2.57. The molecule has 0 aromatic heterocycles. The van der Waals surface area contributed by atoms with Crippen LogP contribution in [0.25, 0.3) is 10.8 Å². The molecule has 2 aliphatic rings. The minimum absolute atomic E-state index is 0.0118. The van der Waals surface area contributed by atoms with Crippen LogP contribution in [0, 0.1) is 0 Å². The number of fused-ring (bicyclic) bond motifs is 2. The third kappa shape index (κ3) is 2.54. The highest BCUT2D eigenvalue weighted by molar-refractivity contribution is 6.19. The van der Waals surface area contributed by atoms with Crippen molar-refractivity contribution in [3.05, 3.63) is 69.8 Å².